The summed E-state index contributed by atoms with van der Waals surface area (Å²) in [7, 11) is 0. The highest BCUT2D eigenvalue weighted by atomic mass is 16.5. The Morgan fingerprint density at radius 2 is 1.86 bits per heavy atom. The molecule has 0 radical (unpaired) electrons. The largest absolute Gasteiger partial charge is 0.481 e. The number of hydrogen-bond donors (Lipinski definition) is 2. The van der Waals surface area contributed by atoms with Crippen LogP contribution in [0.5, 0.6) is 0 Å². The Labute approximate surface area is 127 Å². The molecule has 21 heavy (non-hydrogen) atoms. The number of amides is 1. The Kier molecular flexibility index (Phi) is 7.72. The molecule has 1 aliphatic carbocycles. The topological polar surface area (TPSA) is 75.6 Å². The zero-order valence-electron chi connectivity index (χ0n) is 13.3. The first-order valence-corrected chi connectivity index (χ1v) is 7.99. The van der Waals surface area contributed by atoms with Gasteiger partial charge in [-0.3, -0.25) is 9.59 Å². The first-order valence-electron chi connectivity index (χ1n) is 7.99. The van der Waals surface area contributed by atoms with Crippen molar-refractivity contribution in [1.29, 1.82) is 0 Å². The summed E-state index contributed by atoms with van der Waals surface area (Å²) in [6.07, 6.45) is 7.63. The van der Waals surface area contributed by atoms with Crippen molar-refractivity contribution in [1.82, 2.24) is 5.32 Å². The average Bonchev–Trinajstić information content (AvgIpc) is 2.37. The fourth-order valence-electron chi connectivity index (χ4n) is 2.75. The summed E-state index contributed by atoms with van der Waals surface area (Å²) in [6, 6.07) is 0. The lowest BCUT2D eigenvalue weighted by Gasteiger charge is -2.22. The second kappa shape index (κ2) is 9.03. The molecular formula is C16H29NO4. The minimum atomic E-state index is -0.867. The van der Waals surface area contributed by atoms with Crippen molar-refractivity contribution in [2.24, 2.45) is 5.41 Å². The van der Waals surface area contributed by atoms with Crippen molar-refractivity contribution in [2.75, 3.05) is 13.2 Å². The summed E-state index contributed by atoms with van der Waals surface area (Å²) in [4.78, 5) is 22.5. The van der Waals surface area contributed by atoms with E-state index in [1.807, 2.05) is 0 Å². The van der Waals surface area contributed by atoms with Gasteiger partial charge in [-0.1, -0.05) is 33.1 Å². The van der Waals surface area contributed by atoms with Crippen LogP contribution in [0.1, 0.15) is 65.2 Å². The fraction of sp³-hybridized carbons (Fsp3) is 0.875. The van der Waals surface area contributed by atoms with E-state index >= 15 is 0 Å². The number of carbonyl (C=O) groups is 2. The maximum Gasteiger partial charge on any atom is 0.303 e. The van der Waals surface area contributed by atoms with Gasteiger partial charge in [0, 0.05) is 19.6 Å². The summed E-state index contributed by atoms with van der Waals surface area (Å²) in [5, 5.41) is 11.6. The molecule has 0 aromatic carbocycles. The molecule has 1 aliphatic rings. The number of nitrogens with one attached hydrogen (secondary N) is 1. The molecule has 0 aromatic rings. The minimum Gasteiger partial charge on any atom is -0.481 e. The van der Waals surface area contributed by atoms with Gasteiger partial charge in [0.15, 0.2) is 0 Å². The van der Waals surface area contributed by atoms with Crippen molar-refractivity contribution in [2.45, 2.75) is 71.3 Å². The van der Waals surface area contributed by atoms with Gasteiger partial charge in [-0.25, -0.2) is 0 Å². The predicted molar refractivity (Wildman–Crippen MR) is 81.1 cm³/mol. The Bertz CT molecular complexity index is 335. The van der Waals surface area contributed by atoms with E-state index in [0.29, 0.717) is 19.3 Å². The van der Waals surface area contributed by atoms with Gasteiger partial charge in [0.1, 0.15) is 0 Å². The number of carbonyl (C=O) groups excluding carboxylic acids is 1. The fourth-order valence-corrected chi connectivity index (χ4v) is 2.75. The molecule has 0 aromatic heterocycles. The number of rotatable bonds is 9. The number of carboxylic acids is 1. The van der Waals surface area contributed by atoms with Gasteiger partial charge < -0.3 is 15.2 Å². The van der Waals surface area contributed by atoms with Crippen LogP contribution in [0, 0.1) is 5.41 Å². The molecule has 1 rings (SSSR count). The summed E-state index contributed by atoms with van der Waals surface area (Å²) in [5.74, 6) is -0.951. The molecule has 1 saturated carbocycles. The van der Waals surface area contributed by atoms with Crippen LogP contribution in [0.2, 0.25) is 0 Å². The van der Waals surface area contributed by atoms with Gasteiger partial charge in [0.25, 0.3) is 0 Å². The molecule has 0 aliphatic heterocycles. The molecule has 0 saturated heterocycles. The van der Waals surface area contributed by atoms with E-state index in [1.165, 1.54) is 19.3 Å². The third kappa shape index (κ3) is 8.71. The number of ether oxygens (including phenoxy) is 1. The predicted octanol–water partition coefficient (Wildman–Crippen LogP) is 2.73. The van der Waals surface area contributed by atoms with Gasteiger partial charge in [0.05, 0.1) is 12.5 Å². The summed E-state index contributed by atoms with van der Waals surface area (Å²) in [5.41, 5.74) is -0.505. The zero-order valence-corrected chi connectivity index (χ0v) is 13.3. The third-order valence-electron chi connectivity index (χ3n) is 3.82. The average molecular weight is 299 g/mol. The second-order valence-electron chi connectivity index (χ2n) is 6.75. The van der Waals surface area contributed by atoms with Crippen molar-refractivity contribution < 1.29 is 19.4 Å². The Hall–Kier alpha value is -1.10. The standard InChI is InChI=1S/C16H29NO4/c1-16(2,12-15(19)20)11-14(18)17-9-6-10-21-13-7-4-3-5-8-13/h13H,3-12H2,1-2H3,(H,17,18)(H,19,20). The van der Waals surface area contributed by atoms with E-state index in [9.17, 15) is 9.59 Å². The van der Waals surface area contributed by atoms with Crippen LogP contribution >= 0.6 is 0 Å². The smallest absolute Gasteiger partial charge is 0.303 e. The Balaban J connectivity index is 2.06. The minimum absolute atomic E-state index is 0.00517. The lowest BCUT2D eigenvalue weighted by molar-refractivity contribution is -0.139. The van der Waals surface area contributed by atoms with E-state index < -0.39 is 11.4 Å². The number of hydrogen-bond acceptors (Lipinski definition) is 3. The van der Waals surface area contributed by atoms with Crippen LogP contribution in [0.15, 0.2) is 0 Å². The molecular weight excluding hydrogens is 270 g/mol. The normalized spacial score (nSPS) is 16.7. The molecule has 0 heterocycles. The maximum atomic E-state index is 11.8. The van der Waals surface area contributed by atoms with Crippen molar-refractivity contribution >= 4 is 11.9 Å². The molecule has 122 valence electrons. The lowest BCUT2D eigenvalue weighted by Crippen LogP contribution is -2.31. The molecule has 5 heteroatoms. The van der Waals surface area contributed by atoms with E-state index in [1.54, 1.807) is 13.8 Å². The van der Waals surface area contributed by atoms with Crippen molar-refractivity contribution in [3.63, 3.8) is 0 Å². The third-order valence-corrected chi connectivity index (χ3v) is 3.82. The number of carboxylic acid groups (broad SMARTS) is 1. The monoisotopic (exact) mass is 299 g/mol. The van der Waals surface area contributed by atoms with E-state index in [0.717, 1.165) is 19.3 Å². The van der Waals surface area contributed by atoms with Crippen molar-refractivity contribution in [3.05, 3.63) is 0 Å². The molecule has 0 spiro atoms. The Morgan fingerprint density at radius 3 is 2.48 bits per heavy atom. The first kappa shape index (κ1) is 18.0. The molecule has 0 atom stereocenters. The van der Waals surface area contributed by atoms with Crippen LogP contribution in [-0.2, 0) is 14.3 Å². The highest BCUT2D eigenvalue weighted by Crippen LogP contribution is 2.24. The van der Waals surface area contributed by atoms with Crippen LogP contribution in [0.25, 0.3) is 0 Å². The van der Waals surface area contributed by atoms with Crippen LogP contribution < -0.4 is 5.32 Å². The summed E-state index contributed by atoms with van der Waals surface area (Å²) >= 11 is 0. The maximum absolute atomic E-state index is 11.8. The van der Waals surface area contributed by atoms with Crippen molar-refractivity contribution in [3.8, 4) is 0 Å². The second-order valence-corrected chi connectivity index (χ2v) is 6.75. The molecule has 0 bridgehead atoms. The van der Waals surface area contributed by atoms with E-state index in [4.69, 9.17) is 9.84 Å². The first-order chi connectivity index (χ1) is 9.89. The Morgan fingerprint density at radius 1 is 1.19 bits per heavy atom. The van der Waals surface area contributed by atoms with Gasteiger partial charge in [0.2, 0.25) is 5.91 Å². The van der Waals surface area contributed by atoms with Gasteiger partial charge >= 0.3 is 5.97 Å². The molecule has 1 amide bonds. The molecule has 5 nitrogen and oxygen atoms in total. The zero-order chi connectivity index (χ0) is 15.7. The van der Waals surface area contributed by atoms with Crippen LogP contribution in [0.4, 0.5) is 0 Å². The number of aliphatic carboxylic acids is 1. The van der Waals surface area contributed by atoms with Crippen LogP contribution in [-0.4, -0.2) is 36.2 Å². The quantitative estimate of drug-likeness (QED) is 0.642. The van der Waals surface area contributed by atoms with Gasteiger partial charge in [-0.2, -0.15) is 0 Å². The molecule has 1 fully saturated rings. The SMILES string of the molecule is CC(C)(CC(=O)O)CC(=O)NCCCOC1CCCCC1. The van der Waals surface area contributed by atoms with E-state index in [2.05, 4.69) is 5.32 Å². The molecule has 2 N–H and O–H groups in total. The highest BCUT2D eigenvalue weighted by molar-refractivity contribution is 5.77. The van der Waals surface area contributed by atoms with Gasteiger partial charge in [-0.15, -0.1) is 0 Å². The highest BCUT2D eigenvalue weighted by Gasteiger charge is 2.24. The summed E-state index contributed by atoms with van der Waals surface area (Å²) in [6.45, 7) is 4.87. The van der Waals surface area contributed by atoms with Gasteiger partial charge in [-0.05, 0) is 24.7 Å². The van der Waals surface area contributed by atoms with E-state index in [-0.39, 0.29) is 18.7 Å². The summed E-state index contributed by atoms with van der Waals surface area (Å²) < 4.78 is 5.79. The molecule has 0 unspecified atom stereocenters. The lowest BCUT2D eigenvalue weighted by atomic mass is 9.85. The van der Waals surface area contributed by atoms with Crippen LogP contribution in [0.3, 0.4) is 0 Å².